The van der Waals surface area contributed by atoms with E-state index in [9.17, 15) is 14.4 Å². The number of carbonyl (C=O) groups is 3. The average Bonchev–Trinajstić information content (AvgIpc) is 2.81. The predicted octanol–water partition coefficient (Wildman–Crippen LogP) is 4.44. The van der Waals surface area contributed by atoms with Gasteiger partial charge in [0.25, 0.3) is 0 Å². The van der Waals surface area contributed by atoms with Crippen LogP contribution in [0, 0.1) is 5.41 Å². The zero-order valence-corrected chi connectivity index (χ0v) is 17.5. The van der Waals surface area contributed by atoms with Crippen LogP contribution in [0.25, 0.3) is 0 Å². The second kappa shape index (κ2) is 11.8. The van der Waals surface area contributed by atoms with Crippen LogP contribution in [0.5, 0.6) is 0 Å². The molecule has 6 nitrogen and oxygen atoms in total. The summed E-state index contributed by atoms with van der Waals surface area (Å²) in [5.41, 5.74) is 0.319. The van der Waals surface area contributed by atoms with Crippen molar-refractivity contribution in [3.05, 3.63) is 71.8 Å². The third kappa shape index (κ3) is 7.03. The second-order valence-corrected chi connectivity index (χ2v) is 7.17. The first-order valence-corrected chi connectivity index (χ1v) is 10.0. The minimum absolute atomic E-state index is 0.0838. The molecule has 0 saturated heterocycles. The smallest absolute Gasteiger partial charge is 0.338 e. The van der Waals surface area contributed by atoms with Crippen molar-refractivity contribution in [3.63, 3.8) is 0 Å². The highest BCUT2D eigenvalue weighted by molar-refractivity contribution is 5.89. The highest BCUT2D eigenvalue weighted by atomic mass is 16.5. The van der Waals surface area contributed by atoms with Crippen LogP contribution < -0.4 is 0 Å². The molecule has 0 atom stereocenters. The minimum Gasteiger partial charge on any atom is -0.469 e. The van der Waals surface area contributed by atoms with Crippen molar-refractivity contribution in [2.24, 2.45) is 5.41 Å². The summed E-state index contributed by atoms with van der Waals surface area (Å²) < 4.78 is 15.8. The normalized spacial score (nSPS) is 10.9. The maximum absolute atomic E-state index is 12.4. The number of benzene rings is 2. The van der Waals surface area contributed by atoms with Crippen molar-refractivity contribution in [2.45, 2.75) is 32.6 Å². The molecule has 0 saturated carbocycles. The molecule has 6 heteroatoms. The Balaban J connectivity index is 2.05. The molecule has 0 amide bonds. The summed E-state index contributed by atoms with van der Waals surface area (Å²) in [7, 11) is 1.35. The zero-order valence-electron chi connectivity index (χ0n) is 17.5. The van der Waals surface area contributed by atoms with Gasteiger partial charge >= 0.3 is 17.9 Å². The summed E-state index contributed by atoms with van der Waals surface area (Å²) in [6, 6.07) is 17.4. The maximum atomic E-state index is 12.4. The number of ether oxygens (including phenoxy) is 3. The Morgan fingerprint density at radius 2 is 1.27 bits per heavy atom. The van der Waals surface area contributed by atoms with Gasteiger partial charge in [0.15, 0.2) is 0 Å². The van der Waals surface area contributed by atoms with Gasteiger partial charge in [0.1, 0.15) is 13.2 Å². The SMILES string of the molecule is CCC(CCCC(=O)OC)(COC(=O)c1ccccc1)COC(=O)c1ccccc1. The molecule has 0 aliphatic rings. The Labute approximate surface area is 177 Å². The van der Waals surface area contributed by atoms with Gasteiger partial charge < -0.3 is 14.2 Å². The van der Waals surface area contributed by atoms with Gasteiger partial charge in [-0.3, -0.25) is 4.79 Å². The summed E-state index contributed by atoms with van der Waals surface area (Å²) in [6.45, 7) is 2.12. The number of rotatable bonds is 11. The van der Waals surface area contributed by atoms with Gasteiger partial charge in [0.2, 0.25) is 0 Å². The van der Waals surface area contributed by atoms with Crippen LogP contribution in [0.15, 0.2) is 60.7 Å². The molecule has 0 heterocycles. The van der Waals surface area contributed by atoms with E-state index in [1.54, 1.807) is 48.5 Å². The van der Waals surface area contributed by atoms with E-state index in [1.165, 1.54) is 7.11 Å². The van der Waals surface area contributed by atoms with Crippen LogP contribution in [0.2, 0.25) is 0 Å². The molecule has 160 valence electrons. The van der Waals surface area contributed by atoms with Gasteiger partial charge in [0, 0.05) is 11.8 Å². The lowest BCUT2D eigenvalue weighted by Crippen LogP contribution is -2.34. The van der Waals surface area contributed by atoms with E-state index in [0.717, 1.165) is 0 Å². The molecule has 2 rings (SSSR count). The molecule has 0 N–H and O–H groups in total. The Bertz CT molecular complexity index is 761. The van der Waals surface area contributed by atoms with Crippen molar-refractivity contribution in [3.8, 4) is 0 Å². The van der Waals surface area contributed by atoms with Gasteiger partial charge in [0.05, 0.1) is 18.2 Å². The number of hydrogen-bond acceptors (Lipinski definition) is 6. The highest BCUT2D eigenvalue weighted by Gasteiger charge is 2.32. The minimum atomic E-state index is -0.594. The Hall–Kier alpha value is -3.15. The van der Waals surface area contributed by atoms with E-state index in [4.69, 9.17) is 14.2 Å². The topological polar surface area (TPSA) is 78.9 Å². The Kier molecular flexibility index (Phi) is 9.06. The van der Waals surface area contributed by atoms with Gasteiger partial charge in [-0.05, 0) is 43.5 Å². The molecule has 2 aromatic rings. The third-order valence-corrected chi connectivity index (χ3v) is 5.10. The molecule has 30 heavy (non-hydrogen) atoms. The molecule has 0 aliphatic carbocycles. The monoisotopic (exact) mass is 412 g/mol. The fourth-order valence-corrected chi connectivity index (χ4v) is 3.03. The lowest BCUT2D eigenvalue weighted by molar-refractivity contribution is -0.141. The maximum Gasteiger partial charge on any atom is 0.338 e. The first kappa shape index (κ1) is 23.1. The molecule has 0 aromatic heterocycles. The van der Waals surface area contributed by atoms with Crippen LogP contribution >= 0.6 is 0 Å². The Morgan fingerprint density at radius 1 is 0.800 bits per heavy atom. The van der Waals surface area contributed by atoms with Crippen molar-refractivity contribution >= 4 is 17.9 Å². The van der Waals surface area contributed by atoms with Crippen LogP contribution in [0.3, 0.4) is 0 Å². The molecule has 0 fully saturated rings. The summed E-state index contributed by atoms with van der Waals surface area (Å²) in [5, 5.41) is 0. The molecular weight excluding hydrogens is 384 g/mol. The number of esters is 3. The quantitative estimate of drug-likeness (QED) is 0.401. The van der Waals surface area contributed by atoms with Crippen molar-refractivity contribution in [2.75, 3.05) is 20.3 Å². The second-order valence-electron chi connectivity index (χ2n) is 7.17. The zero-order chi connectivity index (χ0) is 21.8. The van der Waals surface area contributed by atoms with Crippen LogP contribution in [0.4, 0.5) is 0 Å². The lowest BCUT2D eigenvalue weighted by atomic mass is 9.81. The van der Waals surface area contributed by atoms with E-state index in [2.05, 4.69) is 0 Å². The fourth-order valence-electron chi connectivity index (χ4n) is 3.03. The summed E-state index contributed by atoms with van der Waals surface area (Å²) in [6.07, 6.45) is 1.94. The van der Waals surface area contributed by atoms with E-state index in [-0.39, 0.29) is 25.6 Å². The van der Waals surface area contributed by atoms with Crippen molar-refractivity contribution in [1.29, 1.82) is 0 Å². The summed E-state index contributed by atoms with van der Waals surface area (Å²) in [5.74, 6) is -1.17. The predicted molar refractivity (Wildman–Crippen MR) is 112 cm³/mol. The molecule has 0 aliphatic heterocycles. The first-order valence-electron chi connectivity index (χ1n) is 10.0. The number of carbonyl (C=O) groups excluding carboxylic acids is 3. The van der Waals surface area contributed by atoms with E-state index >= 15 is 0 Å². The molecule has 0 bridgehead atoms. The molecule has 2 aromatic carbocycles. The van der Waals surface area contributed by atoms with Gasteiger partial charge in [-0.2, -0.15) is 0 Å². The lowest BCUT2D eigenvalue weighted by Gasteiger charge is -2.31. The highest BCUT2D eigenvalue weighted by Crippen LogP contribution is 2.31. The van der Waals surface area contributed by atoms with Crippen LogP contribution in [-0.4, -0.2) is 38.2 Å². The average molecular weight is 412 g/mol. The molecular formula is C24H28O6. The standard InChI is InChI=1S/C24H28O6/c1-3-24(16-10-15-21(25)28-2,17-29-22(26)19-11-6-4-7-12-19)18-30-23(27)20-13-8-5-9-14-20/h4-9,11-14H,3,10,15-18H2,1-2H3. The van der Waals surface area contributed by atoms with Crippen molar-refractivity contribution in [1.82, 2.24) is 0 Å². The number of methoxy groups -OCH3 is 1. The molecule has 0 radical (unpaired) electrons. The van der Waals surface area contributed by atoms with E-state index in [0.29, 0.717) is 30.4 Å². The van der Waals surface area contributed by atoms with Crippen LogP contribution in [-0.2, 0) is 19.0 Å². The van der Waals surface area contributed by atoms with E-state index < -0.39 is 17.4 Å². The van der Waals surface area contributed by atoms with Gasteiger partial charge in [-0.15, -0.1) is 0 Å². The number of hydrogen-bond donors (Lipinski definition) is 0. The van der Waals surface area contributed by atoms with Crippen molar-refractivity contribution < 1.29 is 28.6 Å². The summed E-state index contributed by atoms with van der Waals surface area (Å²) in [4.78, 5) is 36.3. The Morgan fingerprint density at radius 3 is 1.67 bits per heavy atom. The summed E-state index contributed by atoms with van der Waals surface area (Å²) >= 11 is 0. The largest absolute Gasteiger partial charge is 0.469 e. The van der Waals surface area contributed by atoms with E-state index in [1.807, 2.05) is 19.1 Å². The first-order chi connectivity index (χ1) is 14.5. The van der Waals surface area contributed by atoms with Crippen LogP contribution in [0.1, 0.15) is 53.3 Å². The van der Waals surface area contributed by atoms with Gasteiger partial charge in [-0.1, -0.05) is 43.3 Å². The molecule has 0 spiro atoms. The molecule has 0 unspecified atom stereocenters. The fraction of sp³-hybridized carbons (Fsp3) is 0.375. The van der Waals surface area contributed by atoms with Gasteiger partial charge in [-0.25, -0.2) is 9.59 Å². The third-order valence-electron chi connectivity index (χ3n) is 5.10.